The largest absolute Gasteiger partial charge is 0.397 e. The minimum atomic E-state index is -0.247. The van der Waals surface area contributed by atoms with Crippen molar-refractivity contribution in [3.8, 4) is 11.4 Å². The third kappa shape index (κ3) is 3.51. The van der Waals surface area contributed by atoms with Crippen molar-refractivity contribution in [2.24, 2.45) is 0 Å². The molecule has 1 saturated heterocycles. The van der Waals surface area contributed by atoms with Gasteiger partial charge in [0.2, 0.25) is 0 Å². The summed E-state index contributed by atoms with van der Waals surface area (Å²) in [5.74, 6) is 0.489. The predicted molar refractivity (Wildman–Crippen MR) is 131 cm³/mol. The Labute approximate surface area is 186 Å². The molecule has 2 aromatic heterocycles. The van der Waals surface area contributed by atoms with E-state index in [0.717, 1.165) is 59.4 Å². The number of nitrogens with two attached hydrogens (primary N) is 1. The molecular formula is C24H29N7O. The number of fused-ring (bicyclic) bond motifs is 2. The first-order valence-electron chi connectivity index (χ1n) is 11.0. The number of nitrogens with zero attached hydrogens (tertiary/aromatic N) is 3. The number of anilines is 2. The van der Waals surface area contributed by atoms with Gasteiger partial charge in [-0.05, 0) is 56.9 Å². The molecule has 1 aliphatic heterocycles. The number of nitrogens with one attached hydrogen (secondary N) is 3. The van der Waals surface area contributed by atoms with Gasteiger partial charge in [-0.3, -0.25) is 4.79 Å². The Hall–Kier alpha value is -3.36. The van der Waals surface area contributed by atoms with E-state index in [2.05, 4.69) is 56.2 Å². The number of rotatable bonds is 4. The van der Waals surface area contributed by atoms with Gasteiger partial charge in [-0.2, -0.15) is 0 Å². The third-order valence-corrected chi connectivity index (χ3v) is 6.58. The lowest BCUT2D eigenvalue weighted by molar-refractivity contribution is 0.313. The first-order chi connectivity index (χ1) is 15.4. The number of benzene rings is 2. The number of piperazine rings is 1. The molecule has 1 aliphatic rings. The highest BCUT2D eigenvalue weighted by molar-refractivity contribution is 5.98. The zero-order valence-electron chi connectivity index (χ0n) is 18.7. The summed E-state index contributed by atoms with van der Waals surface area (Å²) in [6.07, 6.45) is 0. The van der Waals surface area contributed by atoms with E-state index in [0.29, 0.717) is 17.1 Å². The first kappa shape index (κ1) is 20.5. The van der Waals surface area contributed by atoms with Crippen molar-refractivity contribution in [2.75, 3.05) is 50.9 Å². The lowest BCUT2D eigenvalue weighted by atomic mass is 10.0. The van der Waals surface area contributed by atoms with Crippen molar-refractivity contribution in [2.45, 2.75) is 13.0 Å². The number of hydrogen-bond acceptors (Lipinski definition) is 6. The summed E-state index contributed by atoms with van der Waals surface area (Å²) in [7, 11) is 4.07. The maximum absolute atomic E-state index is 12.9. The summed E-state index contributed by atoms with van der Waals surface area (Å²) in [4.78, 5) is 28.6. The molecule has 8 nitrogen and oxygen atoms in total. The number of hydrogen-bond donors (Lipinski definition) is 4. The average Bonchev–Trinajstić information content (AvgIpc) is 3.21. The van der Waals surface area contributed by atoms with Crippen molar-refractivity contribution in [1.29, 1.82) is 0 Å². The van der Waals surface area contributed by atoms with Gasteiger partial charge in [0.1, 0.15) is 11.4 Å². The van der Waals surface area contributed by atoms with Crippen molar-refractivity contribution >= 4 is 33.3 Å². The summed E-state index contributed by atoms with van der Waals surface area (Å²) in [6, 6.07) is 12.3. The fourth-order valence-corrected chi connectivity index (χ4v) is 4.38. The molecular weight excluding hydrogens is 402 g/mol. The molecule has 0 aliphatic carbocycles. The van der Waals surface area contributed by atoms with Crippen LogP contribution in [-0.4, -0.2) is 60.1 Å². The number of imidazole rings is 1. The van der Waals surface area contributed by atoms with Crippen molar-refractivity contribution in [3.63, 3.8) is 0 Å². The number of likely N-dealkylation sites (N-methyl/N-ethyl adjacent to an activating group) is 1. The Morgan fingerprint density at radius 2 is 1.84 bits per heavy atom. The van der Waals surface area contributed by atoms with E-state index >= 15 is 0 Å². The standard InChI is InChI=1S/C24H29N7O/c1-14(26-2)15-4-6-18-17(12-15)22(25)21(24(32)29-18)23-27-19-7-5-16(13-20(19)28-23)31-10-8-30(3)9-11-31/h4-7,12-14,26H,8-11H2,1-3H3,(H,27,28)(H3,25,29,32). The van der Waals surface area contributed by atoms with E-state index in [1.807, 2.05) is 31.3 Å². The molecule has 4 aromatic rings. The van der Waals surface area contributed by atoms with Crippen LogP contribution in [0.3, 0.4) is 0 Å². The molecule has 2 aromatic carbocycles. The van der Waals surface area contributed by atoms with E-state index in [4.69, 9.17) is 5.73 Å². The molecule has 3 heterocycles. The number of H-pyrrole nitrogens is 2. The van der Waals surface area contributed by atoms with Crippen LogP contribution in [0.1, 0.15) is 18.5 Å². The van der Waals surface area contributed by atoms with Crippen LogP contribution >= 0.6 is 0 Å². The smallest absolute Gasteiger partial charge is 0.261 e. The van der Waals surface area contributed by atoms with Crippen LogP contribution in [0, 0.1) is 0 Å². The van der Waals surface area contributed by atoms with E-state index in [-0.39, 0.29) is 11.6 Å². The van der Waals surface area contributed by atoms with Crippen LogP contribution < -0.4 is 21.5 Å². The molecule has 0 spiro atoms. The zero-order chi connectivity index (χ0) is 22.4. The molecule has 1 fully saturated rings. The van der Waals surface area contributed by atoms with Gasteiger partial charge >= 0.3 is 0 Å². The van der Waals surface area contributed by atoms with Gasteiger partial charge in [-0.1, -0.05) is 6.07 Å². The maximum atomic E-state index is 12.9. The highest BCUT2D eigenvalue weighted by atomic mass is 16.1. The summed E-state index contributed by atoms with van der Waals surface area (Å²) in [5, 5.41) is 4.05. The third-order valence-electron chi connectivity index (χ3n) is 6.58. The van der Waals surface area contributed by atoms with Gasteiger partial charge in [0, 0.05) is 43.3 Å². The molecule has 0 saturated carbocycles. The van der Waals surface area contributed by atoms with Crippen molar-refractivity contribution in [1.82, 2.24) is 25.2 Å². The fraction of sp³-hybridized carbons (Fsp3) is 0.333. The minimum Gasteiger partial charge on any atom is -0.397 e. The molecule has 5 N–H and O–H groups in total. The fourth-order valence-electron chi connectivity index (χ4n) is 4.38. The molecule has 32 heavy (non-hydrogen) atoms. The first-order valence-corrected chi connectivity index (χ1v) is 11.0. The monoisotopic (exact) mass is 431 g/mol. The SMILES string of the molecule is CNC(C)c1ccc2[nH]c(=O)c(-c3nc4ccc(N5CCN(C)CC5)cc4[nH]3)c(N)c2c1. The summed E-state index contributed by atoms with van der Waals surface area (Å²) in [5.41, 5.74) is 11.8. The van der Waals surface area contributed by atoms with Gasteiger partial charge < -0.3 is 30.8 Å². The Bertz CT molecular complexity index is 1350. The number of aromatic nitrogens is 3. The van der Waals surface area contributed by atoms with E-state index in [1.165, 1.54) is 0 Å². The lowest BCUT2D eigenvalue weighted by Gasteiger charge is -2.34. The number of aromatic amines is 2. The van der Waals surface area contributed by atoms with Crippen molar-refractivity contribution in [3.05, 3.63) is 52.3 Å². The topological polar surface area (TPSA) is 106 Å². The second-order valence-electron chi connectivity index (χ2n) is 8.64. The Morgan fingerprint density at radius 3 is 2.59 bits per heavy atom. The average molecular weight is 432 g/mol. The molecule has 1 unspecified atom stereocenters. The van der Waals surface area contributed by atoms with Gasteiger partial charge in [0.15, 0.2) is 0 Å². The molecule has 1 atom stereocenters. The Balaban J connectivity index is 1.58. The van der Waals surface area contributed by atoms with E-state index in [9.17, 15) is 4.79 Å². The van der Waals surface area contributed by atoms with Crippen LogP contribution in [0.4, 0.5) is 11.4 Å². The quantitative estimate of drug-likeness (QED) is 0.396. The van der Waals surface area contributed by atoms with Crippen LogP contribution in [-0.2, 0) is 0 Å². The molecule has 8 heteroatoms. The molecule has 0 radical (unpaired) electrons. The summed E-state index contributed by atoms with van der Waals surface area (Å²) < 4.78 is 0. The van der Waals surface area contributed by atoms with Gasteiger partial charge in [-0.15, -0.1) is 0 Å². The second kappa shape index (κ2) is 7.96. The lowest BCUT2D eigenvalue weighted by Crippen LogP contribution is -2.44. The predicted octanol–water partition coefficient (Wildman–Crippen LogP) is 2.69. The Morgan fingerprint density at radius 1 is 1.06 bits per heavy atom. The normalized spacial score (nSPS) is 16.2. The summed E-state index contributed by atoms with van der Waals surface area (Å²) >= 11 is 0. The molecule has 0 amide bonds. The second-order valence-corrected chi connectivity index (χ2v) is 8.64. The number of nitrogen functional groups attached to an aromatic ring is 1. The Kier molecular flexibility index (Phi) is 5.11. The highest BCUT2D eigenvalue weighted by Crippen LogP contribution is 2.31. The zero-order valence-corrected chi connectivity index (χ0v) is 18.7. The highest BCUT2D eigenvalue weighted by Gasteiger charge is 2.19. The van der Waals surface area contributed by atoms with E-state index in [1.54, 1.807) is 0 Å². The number of pyridine rings is 1. The maximum Gasteiger partial charge on any atom is 0.261 e. The van der Waals surface area contributed by atoms with Crippen LogP contribution in [0.15, 0.2) is 41.2 Å². The van der Waals surface area contributed by atoms with Gasteiger partial charge in [0.25, 0.3) is 5.56 Å². The summed E-state index contributed by atoms with van der Waals surface area (Å²) in [6.45, 7) is 6.16. The van der Waals surface area contributed by atoms with Crippen LogP contribution in [0.25, 0.3) is 33.3 Å². The molecule has 5 rings (SSSR count). The molecule has 0 bridgehead atoms. The van der Waals surface area contributed by atoms with Gasteiger partial charge in [-0.25, -0.2) is 4.98 Å². The van der Waals surface area contributed by atoms with Crippen LogP contribution in [0.5, 0.6) is 0 Å². The van der Waals surface area contributed by atoms with Gasteiger partial charge in [0.05, 0.1) is 22.2 Å². The molecule has 166 valence electrons. The van der Waals surface area contributed by atoms with Crippen LogP contribution in [0.2, 0.25) is 0 Å². The van der Waals surface area contributed by atoms with E-state index < -0.39 is 0 Å². The van der Waals surface area contributed by atoms with Crippen molar-refractivity contribution < 1.29 is 0 Å². The minimum absolute atomic E-state index is 0.174.